The molecule has 6 aromatic rings. The van der Waals surface area contributed by atoms with E-state index in [-0.39, 0.29) is 0 Å². The summed E-state index contributed by atoms with van der Waals surface area (Å²) in [5, 5.41) is 0. The monoisotopic (exact) mass is 764 g/mol. The van der Waals surface area contributed by atoms with Gasteiger partial charge in [-0.15, -0.1) is 0 Å². The van der Waals surface area contributed by atoms with Crippen LogP contribution >= 0.6 is 31.9 Å². The molecular weight excluding hydrogens is 728 g/mol. The zero-order valence-corrected chi connectivity index (χ0v) is 30.6. The van der Waals surface area contributed by atoms with Gasteiger partial charge in [0.25, 0.3) is 0 Å². The van der Waals surface area contributed by atoms with Crippen LogP contribution in [0.5, 0.6) is 11.5 Å². The average Bonchev–Trinajstić information content (AvgIpc) is 3.75. The Kier molecular flexibility index (Phi) is 12.2. The Morgan fingerprint density at radius 3 is 1.19 bits per heavy atom. The van der Waals surface area contributed by atoms with E-state index in [2.05, 4.69) is 116 Å². The number of hydrogen-bond acceptors (Lipinski definition) is 4. The summed E-state index contributed by atoms with van der Waals surface area (Å²) >= 11 is 6.91. The maximum absolute atomic E-state index is 5.21. The molecule has 0 radical (unpaired) electrons. The number of methoxy groups -OCH3 is 2. The van der Waals surface area contributed by atoms with Crippen molar-refractivity contribution < 1.29 is 9.47 Å². The second-order valence-electron chi connectivity index (χ2n) is 10.8. The van der Waals surface area contributed by atoms with Crippen molar-refractivity contribution in [2.45, 2.75) is 26.9 Å². The highest BCUT2D eigenvalue weighted by molar-refractivity contribution is 9.10. The predicted octanol–water partition coefficient (Wildman–Crippen LogP) is 11.0. The Labute approximate surface area is 299 Å². The van der Waals surface area contributed by atoms with E-state index in [1.54, 1.807) is 14.2 Å². The second kappa shape index (κ2) is 16.9. The molecule has 2 heterocycles. The van der Waals surface area contributed by atoms with Crippen LogP contribution in [0.3, 0.4) is 0 Å². The van der Waals surface area contributed by atoms with Gasteiger partial charge in [0.2, 0.25) is 0 Å². The first-order chi connectivity index (χ1) is 23.4. The largest absolute Gasteiger partial charge is 0.497 e. The molecule has 0 bridgehead atoms. The van der Waals surface area contributed by atoms with Gasteiger partial charge >= 0.3 is 0 Å². The molecule has 0 saturated heterocycles. The molecule has 0 amide bonds. The number of rotatable bonds is 10. The number of aryl methyl sites for hydroxylation is 2. The Morgan fingerprint density at radius 2 is 0.875 bits per heavy atom. The summed E-state index contributed by atoms with van der Waals surface area (Å²) in [6.45, 7) is 6.00. The number of benzene rings is 4. The summed E-state index contributed by atoms with van der Waals surface area (Å²) in [5.74, 6) is 3.60. The van der Waals surface area contributed by atoms with Crippen molar-refractivity contribution in [2.24, 2.45) is 0 Å². The molecule has 0 atom stereocenters. The Bertz CT molecular complexity index is 1810. The van der Waals surface area contributed by atoms with Crippen molar-refractivity contribution in [3.05, 3.63) is 141 Å². The molecule has 4 aromatic carbocycles. The van der Waals surface area contributed by atoms with Gasteiger partial charge in [-0.05, 0) is 110 Å². The van der Waals surface area contributed by atoms with E-state index in [9.17, 15) is 0 Å². The maximum atomic E-state index is 5.21. The molecule has 0 aliphatic rings. The van der Waals surface area contributed by atoms with Gasteiger partial charge < -0.3 is 18.6 Å². The van der Waals surface area contributed by atoms with Crippen LogP contribution in [0.15, 0.2) is 118 Å². The summed E-state index contributed by atoms with van der Waals surface area (Å²) in [6.07, 6.45) is 12.4. The lowest BCUT2D eigenvalue weighted by Gasteiger charge is -2.00. The molecule has 48 heavy (non-hydrogen) atoms. The van der Waals surface area contributed by atoms with Crippen molar-refractivity contribution in [1.82, 2.24) is 19.1 Å². The highest BCUT2D eigenvalue weighted by atomic mass is 79.9. The van der Waals surface area contributed by atoms with E-state index in [0.717, 1.165) is 78.8 Å². The normalized spacial score (nSPS) is 11.1. The molecule has 0 fully saturated rings. The standard InChI is InChI=1S/2C20H19BrN2O/c2*1-3-23-14-19(16-7-11-18(24-2)12-8-16)22-20(23)13-6-15-4-9-17(21)10-5-15/h2*4-14H,3H2,1-2H3/b2*13-6+. The number of nitrogens with zero attached hydrogens (tertiary/aromatic N) is 4. The number of imidazole rings is 2. The van der Waals surface area contributed by atoms with Crippen molar-refractivity contribution in [2.75, 3.05) is 14.2 Å². The number of ether oxygens (including phenoxy) is 2. The molecule has 0 N–H and O–H groups in total. The summed E-state index contributed by atoms with van der Waals surface area (Å²) in [4.78, 5) is 9.53. The molecule has 6 nitrogen and oxygen atoms in total. The first-order valence-electron chi connectivity index (χ1n) is 15.7. The van der Waals surface area contributed by atoms with Crippen molar-refractivity contribution in [1.29, 1.82) is 0 Å². The Morgan fingerprint density at radius 1 is 0.521 bits per heavy atom. The molecule has 6 rings (SSSR count). The SMILES string of the molecule is CCn1cc(-c2ccc(OC)cc2)nc1/C=C/c1ccc(Br)cc1.CCn1cc(-c2ccc(OC)cc2)nc1/C=C/c1ccc(Br)cc1. The van der Waals surface area contributed by atoms with Crippen LogP contribution in [0.1, 0.15) is 36.6 Å². The van der Waals surface area contributed by atoms with Gasteiger partial charge in [-0.1, -0.05) is 68.3 Å². The van der Waals surface area contributed by atoms with Crippen LogP contribution in [0.4, 0.5) is 0 Å². The van der Waals surface area contributed by atoms with Gasteiger partial charge in [0, 0.05) is 45.6 Å². The molecule has 8 heteroatoms. The van der Waals surface area contributed by atoms with E-state index in [1.807, 2.05) is 72.8 Å². The lowest BCUT2D eigenvalue weighted by atomic mass is 10.2. The van der Waals surface area contributed by atoms with Crippen LogP contribution in [-0.2, 0) is 13.1 Å². The van der Waals surface area contributed by atoms with Crippen molar-refractivity contribution >= 4 is 56.2 Å². The highest BCUT2D eigenvalue weighted by Crippen LogP contribution is 2.24. The predicted molar refractivity (Wildman–Crippen MR) is 206 cm³/mol. The molecule has 2 aromatic heterocycles. The first-order valence-corrected chi connectivity index (χ1v) is 17.3. The maximum Gasteiger partial charge on any atom is 0.133 e. The fourth-order valence-electron chi connectivity index (χ4n) is 4.92. The van der Waals surface area contributed by atoms with E-state index >= 15 is 0 Å². The minimum atomic E-state index is 0.851. The van der Waals surface area contributed by atoms with Gasteiger partial charge in [0.05, 0.1) is 25.6 Å². The van der Waals surface area contributed by atoms with Gasteiger partial charge in [-0.3, -0.25) is 0 Å². The Hall–Kier alpha value is -4.66. The fraction of sp³-hybridized carbons (Fsp3) is 0.150. The minimum Gasteiger partial charge on any atom is -0.497 e. The summed E-state index contributed by atoms with van der Waals surface area (Å²) in [6, 6.07) is 32.4. The van der Waals surface area contributed by atoms with E-state index in [0.29, 0.717) is 0 Å². The average molecular weight is 767 g/mol. The van der Waals surface area contributed by atoms with Gasteiger partial charge in [-0.2, -0.15) is 0 Å². The minimum absolute atomic E-state index is 0.851. The first kappa shape index (κ1) is 34.7. The smallest absolute Gasteiger partial charge is 0.133 e. The number of aromatic nitrogens is 4. The van der Waals surface area contributed by atoms with Crippen LogP contribution in [-0.4, -0.2) is 33.3 Å². The topological polar surface area (TPSA) is 54.1 Å². The molecule has 0 aliphatic carbocycles. The van der Waals surface area contributed by atoms with E-state index < -0.39 is 0 Å². The zero-order chi connectivity index (χ0) is 33.9. The molecule has 0 spiro atoms. The van der Waals surface area contributed by atoms with Crippen molar-refractivity contribution in [3.63, 3.8) is 0 Å². The third kappa shape index (κ3) is 9.24. The Balaban J connectivity index is 0.000000188. The highest BCUT2D eigenvalue weighted by Gasteiger charge is 2.08. The van der Waals surface area contributed by atoms with Crippen LogP contribution in [0.2, 0.25) is 0 Å². The number of hydrogen-bond donors (Lipinski definition) is 0. The third-order valence-corrected chi connectivity index (χ3v) is 8.71. The number of halogens is 2. The van der Waals surface area contributed by atoms with Gasteiger partial charge in [0.1, 0.15) is 23.1 Å². The molecule has 0 aliphatic heterocycles. The lowest BCUT2D eigenvalue weighted by molar-refractivity contribution is 0.415. The lowest BCUT2D eigenvalue weighted by Crippen LogP contribution is -1.94. The molecular formula is C40H38Br2N4O2. The van der Waals surface area contributed by atoms with Crippen LogP contribution < -0.4 is 9.47 Å². The van der Waals surface area contributed by atoms with E-state index in [1.165, 1.54) is 0 Å². The molecule has 0 saturated carbocycles. The molecule has 244 valence electrons. The summed E-state index contributed by atoms with van der Waals surface area (Å²) in [5.41, 5.74) is 6.40. The van der Waals surface area contributed by atoms with Gasteiger partial charge in [-0.25, -0.2) is 9.97 Å². The fourth-order valence-corrected chi connectivity index (χ4v) is 5.45. The zero-order valence-electron chi connectivity index (χ0n) is 27.5. The van der Waals surface area contributed by atoms with Crippen LogP contribution in [0, 0.1) is 0 Å². The van der Waals surface area contributed by atoms with Gasteiger partial charge in [0.15, 0.2) is 0 Å². The van der Waals surface area contributed by atoms with Crippen LogP contribution in [0.25, 0.3) is 46.8 Å². The quantitative estimate of drug-likeness (QED) is 0.139. The molecule has 0 unspecified atom stereocenters. The summed E-state index contributed by atoms with van der Waals surface area (Å²) < 4.78 is 16.9. The summed E-state index contributed by atoms with van der Waals surface area (Å²) in [7, 11) is 3.34. The van der Waals surface area contributed by atoms with Crippen molar-refractivity contribution in [3.8, 4) is 34.0 Å². The second-order valence-corrected chi connectivity index (χ2v) is 12.6. The third-order valence-electron chi connectivity index (χ3n) is 7.66. The van der Waals surface area contributed by atoms with E-state index in [4.69, 9.17) is 19.4 Å².